The Hall–Kier alpha value is -3.27. The Balaban J connectivity index is 1.57. The lowest BCUT2D eigenvalue weighted by molar-refractivity contribution is 0.0925. The number of nitrogens with two attached hydrogens (primary N) is 1. The van der Waals surface area contributed by atoms with Crippen LogP contribution >= 0.6 is 0 Å². The number of carbonyl (C=O) groups excluding carboxylic acids is 2. The molecule has 160 valence electrons. The van der Waals surface area contributed by atoms with Gasteiger partial charge in [-0.15, -0.1) is 0 Å². The molecule has 2 aliphatic rings. The van der Waals surface area contributed by atoms with E-state index in [1.165, 1.54) is 4.52 Å². The Kier molecular flexibility index (Phi) is 4.37. The number of primary amides is 1. The second kappa shape index (κ2) is 6.88. The average molecular weight is 439 g/mol. The maximum absolute atomic E-state index is 13.3. The number of benzene rings is 1. The van der Waals surface area contributed by atoms with Crippen molar-refractivity contribution in [3.63, 3.8) is 0 Å². The van der Waals surface area contributed by atoms with E-state index in [2.05, 4.69) is 15.4 Å². The van der Waals surface area contributed by atoms with Gasteiger partial charge in [-0.05, 0) is 43.9 Å². The van der Waals surface area contributed by atoms with Crippen molar-refractivity contribution in [3.8, 4) is 0 Å². The van der Waals surface area contributed by atoms with Crippen molar-refractivity contribution in [1.82, 2.24) is 19.9 Å². The molecule has 1 saturated carbocycles. The third kappa shape index (κ3) is 3.27. The molecular weight excluding hydrogens is 418 g/mol. The second-order valence-corrected chi connectivity index (χ2v) is 10.2. The number of carbonyl (C=O) groups is 2. The Morgan fingerprint density at radius 3 is 2.65 bits per heavy atom. The predicted octanol–water partition coefficient (Wildman–Crippen LogP) is 1.66. The smallest absolute Gasteiger partial charge is 0.270 e. The zero-order valence-electron chi connectivity index (χ0n) is 16.8. The molecular formula is C21H21N5O4S. The normalized spacial score (nSPS) is 19.7. The molecule has 1 aliphatic carbocycles. The molecule has 3 heterocycles. The lowest BCUT2D eigenvalue weighted by Gasteiger charge is -2.26. The molecule has 0 saturated heterocycles. The number of nitrogens with one attached hydrogen (secondary N) is 1. The molecule has 1 aliphatic heterocycles. The summed E-state index contributed by atoms with van der Waals surface area (Å²) in [5.41, 5.74) is 8.06. The molecule has 1 unspecified atom stereocenters. The third-order valence-corrected chi connectivity index (χ3v) is 7.61. The lowest BCUT2D eigenvalue weighted by atomic mass is 10.0. The van der Waals surface area contributed by atoms with Crippen LogP contribution in [0.5, 0.6) is 0 Å². The fraction of sp³-hybridized carbons (Fsp3) is 0.333. The van der Waals surface area contributed by atoms with Gasteiger partial charge in [0.15, 0.2) is 15.5 Å². The molecule has 1 atom stereocenters. The van der Waals surface area contributed by atoms with Crippen LogP contribution in [-0.2, 0) is 9.84 Å². The first kappa shape index (κ1) is 19.7. The Labute approximate surface area is 178 Å². The van der Waals surface area contributed by atoms with Crippen molar-refractivity contribution in [2.45, 2.75) is 43.0 Å². The summed E-state index contributed by atoms with van der Waals surface area (Å²) in [5.74, 6) is -0.932. The van der Waals surface area contributed by atoms with Crippen LogP contribution in [0.15, 0.2) is 35.2 Å². The summed E-state index contributed by atoms with van der Waals surface area (Å²) in [5, 5.41) is 7.46. The van der Waals surface area contributed by atoms with Crippen molar-refractivity contribution >= 4 is 27.3 Å². The van der Waals surface area contributed by atoms with Crippen LogP contribution in [0.3, 0.4) is 0 Å². The van der Waals surface area contributed by atoms with Crippen molar-refractivity contribution in [3.05, 3.63) is 58.5 Å². The molecule has 9 nitrogen and oxygen atoms in total. The van der Waals surface area contributed by atoms with Gasteiger partial charge in [-0.2, -0.15) is 5.10 Å². The molecule has 3 N–H and O–H groups in total. The number of aryl methyl sites for hydroxylation is 1. The summed E-state index contributed by atoms with van der Waals surface area (Å²) in [6.45, 7) is 1.73. The summed E-state index contributed by atoms with van der Waals surface area (Å²) in [6.07, 6.45) is 2.10. The van der Waals surface area contributed by atoms with Gasteiger partial charge in [0.25, 0.3) is 11.8 Å². The molecule has 1 aromatic carbocycles. The van der Waals surface area contributed by atoms with E-state index >= 15 is 0 Å². The van der Waals surface area contributed by atoms with Gasteiger partial charge < -0.3 is 11.1 Å². The van der Waals surface area contributed by atoms with Crippen LogP contribution in [0, 0.1) is 6.92 Å². The number of hydrogen-bond acceptors (Lipinski definition) is 6. The molecule has 0 bridgehead atoms. The van der Waals surface area contributed by atoms with E-state index in [4.69, 9.17) is 5.73 Å². The monoisotopic (exact) mass is 439 g/mol. The van der Waals surface area contributed by atoms with Crippen LogP contribution in [0.25, 0.3) is 5.65 Å². The summed E-state index contributed by atoms with van der Waals surface area (Å²) in [6, 6.07) is 7.85. The van der Waals surface area contributed by atoms with Crippen molar-refractivity contribution < 1.29 is 18.0 Å². The molecule has 3 aromatic rings. The Bertz CT molecular complexity index is 1360. The number of fused-ring (bicyclic) bond motifs is 2. The van der Waals surface area contributed by atoms with E-state index in [1.807, 2.05) is 0 Å². The predicted molar refractivity (Wildman–Crippen MR) is 112 cm³/mol. The fourth-order valence-corrected chi connectivity index (χ4v) is 5.79. The van der Waals surface area contributed by atoms with Gasteiger partial charge >= 0.3 is 0 Å². The van der Waals surface area contributed by atoms with Gasteiger partial charge in [-0.1, -0.05) is 18.2 Å². The Morgan fingerprint density at radius 2 is 1.94 bits per heavy atom. The van der Waals surface area contributed by atoms with E-state index < -0.39 is 27.7 Å². The van der Waals surface area contributed by atoms with Crippen molar-refractivity contribution in [2.24, 2.45) is 5.73 Å². The highest BCUT2D eigenvalue weighted by atomic mass is 32.2. The second-order valence-electron chi connectivity index (χ2n) is 8.09. The van der Waals surface area contributed by atoms with Crippen molar-refractivity contribution in [1.29, 1.82) is 0 Å². The highest BCUT2D eigenvalue weighted by Gasteiger charge is 2.35. The summed E-state index contributed by atoms with van der Waals surface area (Å²) < 4.78 is 26.2. The largest absolute Gasteiger partial charge is 0.365 e. The van der Waals surface area contributed by atoms with Gasteiger partial charge in [0.1, 0.15) is 11.3 Å². The molecule has 5 rings (SSSR count). The zero-order chi connectivity index (χ0) is 21.9. The molecule has 1 fully saturated rings. The number of sulfone groups is 1. The van der Waals surface area contributed by atoms with E-state index in [0.29, 0.717) is 17.0 Å². The van der Waals surface area contributed by atoms with E-state index in [0.717, 1.165) is 12.8 Å². The van der Waals surface area contributed by atoms with Gasteiger partial charge in [0, 0.05) is 11.6 Å². The van der Waals surface area contributed by atoms with Gasteiger partial charge in [0.05, 0.1) is 22.4 Å². The minimum Gasteiger partial charge on any atom is -0.365 e. The number of amides is 2. The van der Waals surface area contributed by atoms with Crippen LogP contribution in [0.1, 0.15) is 69.0 Å². The van der Waals surface area contributed by atoms with Crippen LogP contribution < -0.4 is 11.1 Å². The van der Waals surface area contributed by atoms with Gasteiger partial charge in [-0.25, -0.2) is 17.9 Å². The Morgan fingerprint density at radius 1 is 1.19 bits per heavy atom. The van der Waals surface area contributed by atoms with Crippen molar-refractivity contribution in [2.75, 3.05) is 5.75 Å². The topological polar surface area (TPSA) is 137 Å². The maximum atomic E-state index is 13.3. The summed E-state index contributed by atoms with van der Waals surface area (Å²) >= 11 is 0. The highest BCUT2D eigenvalue weighted by Crippen LogP contribution is 2.41. The first-order valence-corrected chi connectivity index (χ1v) is 11.7. The van der Waals surface area contributed by atoms with Crippen LogP contribution in [0.4, 0.5) is 0 Å². The van der Waals surface area contributed by atoms with Gasteiger partial charge in [-0.3, -0.25) is 9.59 Å². The quantitative estimate of drug-likeness (QED) is 0.634. The highest BCUT2D eigenvalue weighted by molar-refractivity contribution is 7.91. The fourth-order valence-electron chi connectivity index (χ4n) is 4.17. The first-order valence-electron chi connectivity index (χ1n) is 10.1. The molecule has 2 amide bonds. The zero-order valence-corrected chi connectivity index (χ0v) is 17.6. The van der Waals surface area contributed by atoms with Crippen LogP contribution in [0.2, 0.25) is 0 Å². The first-order chi connectivity index (χ1) is 14.8. The minimum absolute atomic E-state index is 0.0425. The SMILES string of the molecule is Cc1cc(C(=O)NC2CCS(=O)(=O)c3ccccc32)n2nc(C3CC3)c(C(N)=O)c2n1. The number of nitrogens with zero attached hydrogens (tertiary/aromatic N) is 3. The molecule has 2 aromatic heterocycles. The van der Waals surface area contributed by atoms with E-state index in [1.54, 1.807) is 37.3 Å². The van der Waals surface area contributed by atoms with E-state index in [9.17, 15) is 18.0 Å². The van der Waals surface area contributed by atoms with Crippen LogP contribution in [-0.4, -0.2) is 40.6 Å². The lowest BCUT2D eigenvalue weighted by Crippen LogP contribution is -2.35. The summed E-state index contributed by atoms with van der Waals surface area (Å²) in [4.78, 5) is 30.0. The average Bonchev–Trinajstić information content (AvgIpc) is 3.50. The van der Waals surface area contributed by atoms with E-state index in [-0.39, 0.29) is 39.9 Å². The molecule has 31 heavy (non-hydrogen) atoms. The summed E-state index contributed by atoms with van der Waals surface area (Å²) in [7, 11) is -3.36. The molecule has 10 heteroatoms. The van der Waals surface area contributed by atoms with Gasteiger partial charge in [0.2, 0.25) is 0 Å². The number of rotatable bonds is 4. The number of aromatic nitrogens is 3. The third-order valence-electron chi connectivity index (χ3n) is 5.80. The standard InChI is InChI=1S/C21H21N5O4S/c1-11-10-15(26-20(23-11)17(19(22)27)18(25-26)12-6-7-12)21(28)24-14-8-9-31(29,30)16-5-3-2-4-13(14)16/h2-5,10,12,14H,6-9H2,1H3,(H2,22,27)(H,24,28). The molecule has 0 spiro atoms. The minimum atomic E-state index is -3.36. The number of hydrogen-bond donors (Lipinski definition) is 2. The maximum Gasteiger partial charge on any atom is 0.270 e. The molecule has 0 radical (unpaired) electrons.